The average molecular weight is 598 g/mol. The van der Waals surface area contributed by atoms with Crippen molar-refractivity contribution >= 4 is 54.0 Å². The molecule has 1 saturated heterocycles. The Labute approximate surface area is 240 Å². The van der Waals surface area contributed by atoms with Crippen LogP contribution in [-0.2, 0) is 40.0 Å². The smallest absolute Gasteiger partial charge is 0.245 e. The number of hydrogen-bond donors (Lipinski definition) is 9. The van der Waals surface area contributed by atoms with E-state index in [-0.39, 0.29) is 18.1 Å². The number of nitrogens with zero attached hydrogens (tertiary/aromatic N) is 2. The molecule has 10 N–H and O–H groups in total. The fourth-order valence-electron chi connectivity index (χ4n) is 4.14. The second kappa shape index (κ2) is 15.6. The highest BCUT2D eigenvalue weighted by molar-refractivity contribution is 7.80. The van der Waals surface area contributed by atoms with E-state index in [0.717, 1.165) is 0 Å². The summed E-state index contributed by atoms with van der Waals surface area (Å²) in [5.74, 6) is -5.78. The minimum Gasteiger partial charge on any atom is -0.394 e. The molecule has 0 saturated carbocycles. The molecule has 18 heteroatoms. The zero-order valence-corrected chi connectivity index (χ0v) is 23.2. The number of amides is 7. The fourth-order valence-corrected chi connectivity index (χ4v) is 4.40. The van der Waals surface area contributed by atoms with Crippen LogP contribution in [0.15, 0.2) is 12.5 Å². The van der Waals surface area contributed by atoms with Gasteiger partial charge in [-0.25, -0.2) is 4.98 Å². The number of aliphatic hydroxyl groups is 1. The molecule has 0 aliphatic carbocycles. The Balaban J connectivity index is 2.11. The van der Waals surface area contributed by atoms with E-state index in [1.165, 1.54) is 24.3 Å². The molecule has 5 atom stereocenters. The predicted molar refractivity (Wildman–Crippen MR) is 144 cm³/mol. The molecule has 0 bridgehead atoms. The van der Waals surface area contributed by atoms with Crippen molar-refractivity contribution in [2.75, 3.05) is 18.9 Å². The number of rotatable bonds is 15. The first-order valence-electron chi connectivity index (χ1n) is 12.6. The molecule has 0 spiro atoms. The number of aromatic amines is 1. The summed E-state index contributed by atoms with van der Waals surface area (Å²) < 4.78 is 0. The van der Waals surface area contributed by atoms with Crippen LogP contribution in [0.5, 0.6) is 0 Å². The van der Waals surface area contributed by atoms with Crippen LogP contribution in [0.1, 0.15) is 31.9 Å². The Morgan fingerprint density at radius 1 is 1.02 bits per heavy atom. The van der Waals surface area contributed by atoms with Crippen LogP contribution in [0.3, 0.4) is 0 Å². The fraction of sp³-hybridized carbons (Fsp3) is 0.565. The predicted octanol–water partition coefficient (Wildman–Crippen LogP) is -4.81. The first-order valence-corrected chi connectivity index (χ1v) is 13.3. The van der Waals surface area contributed by atoms with E-state index in [2.05, 4.69) is 43.9 Å². The van der Waals surface area contributed by atoms with Gasteiger partial charge in [0.05, 0.1) is 19.4 Å². The highest BCUT2D eigenvalue weighted by Crippen LogP contribution is 2.17. The summed E-state index contributed by atoms with van der Waals surface area (Å²) in [6.45, 7) is 0.866. The number of carbonyl (C=O) groups is 7. The van der Waals surface area contributed by atoms with Gasteiger partial charge in [0.2, 0.25) is 41.4 Å². The van der Waals surface area contributed by atoms with Gasteiger partial charge in [0.25, 0.3) is 0 Å². The monoisotopic (exact) mass is 597 g/mol. The molecule has 1 aromatic heterocycles. The lowest BCUT2D eigenvalue weighted by Gasteiger charge is -2.27. The van der Waals surface area contributed by atoms with Crippen molar-refractivity contribution in [1.29, 1.82) is 0 Å². The van der Waals surface area contributed by atoms with Crippen molar-refractivity contribution in [2.45, 2.75) is 62.8 Å². The zero-order valence-electron chi connectivity index (χ0n) is 22.3. The molecule has 41 heavy (non-hydrogen) atoms. The third kappa shape index (κ3) is 9.75. The molecule has 0 aromatic carbocycles. The van der Waals surface area contributed by atoms with Gasteiger partial charge in [-0.05, 0) is 12.8 Å². The Bertz CT molecular complexity index is 1130. The lowest BCUT2D eigenvalue weighted by molar-refractivity contribution is -0.138. The number of H-pyrrole nitrogens is 1. The molecular weight excluding hydrogens is 562 g/mol. The third-order valence-corrected chi connectivity index (χ3v) is 6.63. The Morgan fingerprint density at radius 2 is 1.63 bits per heavy atom. The average Bonchev–Trinajstić information content (AvgIpc) is 3.61. The molecule has 226 valence electrons. The van der Waals surface area contributed by atoms with E-state index in [9.17, 15) is 38.7 Å². The standard InChI is InChI=1S/C23H35N9O8S/c1-11(34)32-4-2-3-17(32)23(40)29-14(5-12-7-26-10-27-12)20(37)30-15(8-33)21(38)31-16(9-41)22(39)28-13(19(25)36)6-18(24)35/h7,10,13-17,33,41H,2-6,8-9H2,1H3,(H2,24,35)(H2,25,36)(H,26,27)(H,28,39)(H,29,40)(H,30,37)(H,31,38)/t13-,14-,15-,16-,17-/m0/s1. The number of thiol groups is 1. The van der Waals surface area contributed by atoms with Crippen LogP contribution in [0.2, 0.25) is 0 Å². The number of imidazole rings is 1. The molecule has 0 radical (unpaired) electrons. The summed E-state index contributed by atoms with van der Waals surface area (Å²) in [6.07, 6.45) is 3.21. The molecule has 7 amide bonds. The Hall–Kier alpha value is -4.19. The van der Waals surface area contributed by atoms with Gasteiger partial charge in [-0.1, -0.05) is 0 Å². The molecule has 1 aliphatic rings. The van der Waals surface area contributed by atoms with Crippen molar-refractivity contribution in [3.8, 4) is 0 Å². The minimum absolute atomic E-state index is 0.0554. The molecule has 2 rings (SSSR count). The van der Waals surface area contributed by atoms with E-state index in [4.69, 9.17) is 11.5 Å². The number of hydrogen-bond acceptors (Lipinski definition) is 10. The first-order chi connectivity index (χ1) is 19.4. The van der Waals surface area contributed by atoms with Crippen LogP contribution in [0.25, 0.3) is 0 Å². The van der Waals surface area contributed by atoms with Gasteiger partial charge < -0.3 is 47.7 Å². The third-order valence-electron chi connectivity index (χ3n) is 6.27. The number of nitrogens with two attached hydrogens (primary N) is 2. The van der Waals surface area contributed by atoms with Gasteiger partial charge in [0, 0.05) is 37.5 Å². The van der Waals surface area contributed by atoms with E-state index in [0.29, 0.717) is 25.1 Å². The van der Waals surface area contributed by atoms with Crippen molar-refractivity contribution in [2.24, 2.45) is 11.5 Å². The van der Waals surface area contributed by atoms with Crippen LogP contribution >= 0.6 is 12.6 Å². The zero-order chi connectivity index (χ0) is 30.7. The number of aliphatic hydroxyl groups excluding tert-OH is 1. The van der Waals surface area contributed by atoms with Crippen molar-refractivity contribution in [3.05, 3.63) is 18.2 Å². The van der Waals surface area contributed by atoms with Crippen molar-refractivity contribution in [1.82, 2.24) is 36.1 Å². The maximum absolute atomic E-state index is 13.2. The molecule has 1 aromatic rings. The second-order valence-electron chi connectivity index (χ2n) is 9.33. The summed E-state index contributed by atoms with van der Waals surface area (Å²) in [5, 5.41) is 19.2. The van der Waals surface area contributed by atoms with Crippen LogP contribution in [0, 0.1) is 0 Å². The molecule has 0 unspecified atom stereocenters. The Kier molecular flexibility index (Phi) is 12.5. The van der Waals surface area contributed by atoms with Crippen LogP contribution < -0.4 is 32.7 Å². The molecule has 1 aliphatic heterocycles. The topological polar surface area (TPSA) is 272 Å². The molecule has 1 fully saturated rings. The lowest BCUT2D eigenvalue weighted by atomic mass is 10.1. The van der Waals surface area contributed by atoms with Gasteiger partial charge >= 0.3 is 0 Å². The van der Waals surface area contributed by atoms with Crippen molar-refractivity contribution in [3.63, 3.8) is 0 Å². The van der Waals surface area contributed by atoms with Crippen molar-refractivity contribution < 1.29 is 38.7 Å². The SMILES string of the molecule is CC(=O)N1CCC[C@H]1C(=O)N[C@@H](Cc1cnc[nH]1)C(=O)N[C@@H](CO)C(=O)N[C@@H](CS)C(=O)N[C@@H](CC(N)=O)C(N)=O. The quantitative estimate of drug-likeness (QED) is 0.0876. The van der Waals surface area contributed by atoms with Crippen LogP contribution in [0.4, 0.5) is 0 Å². The summed E-state index contributed by atoms with van der Waals surface area (Å²) in [5.41, 5.74) is 10.7. The highest BCUT2D eigenvalue weighted by atomic mass is 32.1. The summed E-state index contributed by atoms with van der Waals surface area (Å²) >= 11 is 4.01. The molecular formula is C23H35N9O8S. The van der Waals surface area contributed by atoms with E-state index in [1.807, 2.05) is 0 Å². The van der Waals surface area contributed by atoms with Gasteiger partial charge in [0.15, 0.2) is 0 Å². The summed E-state index contributed by atoms with van der Waals surface area (Å²) in [7, 11) is 0. The van der Waals surface area contributed by atoms with Gasteiger partial charge in [-0.3, -0.25) is 33.6 Å². The van der Waals surface area contributed by atoms with Gasteiger partial charge in [-0.15, -0.1) is 0 Å². The number of aromatic nitrogens is 2. The van der Waals surface area contributed by atoms with E-state index in [1.54, 1.807) is 0 Å². The van der Waals surface area contributed by atoms with E-state index < -0.39 is 78.7 Å². The number of likely N-dealkylation sites (tertiary alicyclic amines) is 1. The van der Waals surface area contributed by atoms with E-state index >= 15 is 0 Å². The largest absolute Gasteiger partial charge is 0.394 e. The Morgan fingerprint density at radius 3 is 2.17 bits per heavy atom. The van der Waals surface area contributed by atoms with Gasteiger partial charge in [-0.2, -0.15) is 12.6 Å². The van der Waals surface area contributed by atoms with Gasteiger partial charge in [0.1, 0.15) is 30.2 Å². The number of carbonyl (C=O) groups excluding carboxylic acids is 7. The number of nitrogens with one attached hydrogen (secondary N) is 5. The maximum Gasteiger partial charge on any atom is 0.245 e. The lowest BCUT2D eigenvalue weighted by Crippen LogP contribution is -2.60. The minimum atomic E-state index is -1.56. The second-order valence-corrected chi connectivity index (χ2v) is 9.70. The van der Waals surface area contributed by atoms with Crippen LogP contribution in [-0.4, -0.2) is 110 Å². The summed E-state index contributed by atoms with van der Waals surface area (Å²) in [4.78, 5) is 94.3. The normalized spacial score (nSPS) is 17.4. The number of primary amides is 2. The maximum atomic E-state index is 13.2. The first kappa shape index (κ1) is 33.0. The molecule has 2 heterocycles. The summed E-state index contributed by atoms with van der Waals surface area (Å²) in [6, 6.07) is -6.34. The highest BCUT2D eigenvalue weighted by Gasteiger charge is 2.36. The molecule has 17 nitrogen and oxygen atoms in total.